The van der Waals surface area contributed by atoms with Gasteiger partial charge in [-0.05, 0) is 31.9 Å². The van der Waals surface area contributed by atoms with Crippen LogP contribution in [-0.4, -0.2) is 17.4 Å². The Labute approximate surface area is 130 Å². The smallest absolute Gasteiger partial charge is 0.308 e. The summed E-state index contributed by atoms with van der Waals surface area (Å²) in [6, 6.07) is 7.62. The van der Waals surface area contributed by atoms with Gasteiger partial charge in [-0.1, -0.05) is 25.5 Å². The van der Waals surface area contributed by atoms with Crippen molar-refractivity contribution < 1.29 is 9.53 Å². The lowest BCUT2D eigenvalue weighted by Gasteiger charge is -2.10. The predicted molar refractivity (Wildman–Crippen MR) is 89.0 cm³/mol. The van der Waals surface area contributed by atoms with E-state index in [2.05, 4.69) is 13.8 Å². The van der Waals surface area contributed by atoms with Gasteiger partial charge < -0.3 is 4.74 Å². The molecule has 0 aliphatic carbocycles. The summed E-state index contributed by atoms with van der Waals surface area (Å²) in [6.45, 7) is 5.68. The van der Waals surface area contributed by atoms with Gasteiger partial charge >= 0.3 is 5.97 Å². The number of hydrogen-bond acceptors (Lipinski definition) is 4. The van der Waals surface area contributed by atoms with Gasteiger partial charge in [0.2, 0.25) is 0 Å². The van der Waals surface area contributed by atoms with E-state index in [1.807, 2.05) is 36.0 Å². The number of benzene rings is 1. The van der Waals surface area contributed by atoms with Gasteiger partial charge in [0.25, 0.3) is 0 Å². The summed E-state index contributed by atoms with van der Waals surface area (Å²) in [4.78, 5) is 17.4. The lowest BCUT2D eigenvalue weighted by Crippen LogP contribution is -2.09. The van der Waals surface area contributed by atoms with Crippen LogP contribution in [0.5, 0.6) is 5.75 Å². The minimum absolute atomic E-state index is 0.301. The second-order valence-electron chi connectivity index (χ2n) is 5.01. The molecule has 21 heavy (non-hydrogen) atoms. The molecule has 0 aromatic heterocycles. The summed E-state index contributed by atoms with van der Waals surface area (Å²) in [7, 11) is 0. The van der Waals surface area contributed by atoms with Crippen LogP contribution < -0.4 is 4.74 Å². The fourth-order valence-corrected chi connectivity index (χ4v) is 3.46. The van der Waals surface area contributed by atoms with Crippen LogP contribution in [0, 0.1) is 0 Å². The van der Waals surface area contributed by atoms with Gasteiger partial charge in [-0.2, -0.15) is 0 Å². The molecule has 4 heteroatoms. The van der Waals surface area contributed by atoms with E-state index in [4.69, 9.17) is 9.73 Å². The van der Waals surface area contributed by atoms with Crippen molar-refractivity contribution in [3.63, 3.8) is 0 Å². The van der Waals surface area contributed by atoms with Crippen LogP contribution in [0.2, 0.25) is 0 Å². The van der Waals surface area contributed by atoms with E-state index in [1.165, 1.54) is 11.8 Å². The van der Waals surface area contributed by atoms with Crippen LogP contribution in [0.4, 0.5) is 0 Å². The van der Waals surface area contributed by atoms with Gasteiger partial charge in [-0.3, -0.25) is 9.79 Å². The molecule has 0 amide bonds. The van der Waals surface area contributed by atoms with Crippen molar-refractivity contribution >= 4 is 23.4 Å². The zero-order chi connectivity index (χ0) is 15.2. The third-order valence-corrected chi connectivity index (χ3v) is 4.51. The molecule has 1 aromatic rings. The second kappa shape index (κ2) is 7.46. The summed E-state index contributed by atoms with van der Waals surface area (Å²) < 4.78 is 5.31. The molecule has 0 saturated heterocycles. The average molecular weight is 303 g/mol. The molecule has 2 rings (SSSR count). The van der Waals surface area contributed by atoms with E-state index in [0.717, 1.165) is 42.0 Å². The van der Waals surface area contributed by atoms with Crippen molar-refractivity contribution in [1.82, 2.24) is 0 Å². The highest BCUT2D eigenvalue weighted by atomic mass is 32.2. The summed E-state index contributed by atoms with van der Waals surface area (Å²) in [5.74, 6) is 1.31. The van der Waals surface area contributed by atoms with Gasteiger partial charge in [0.15, 0.2) is 0 Å². The number of aliphatic imine (C=N–C) groups is 1. The van der Waals surface area contributed by atoms with E-state index in [9.17, 15) is 4.79 Å². The molecule has 0 fully saturated rings. The summed E-state index contributed by atoms with van der Waals surface area (Å²) >= 11 is 1.89. The second-order valence-corrected chi connectivity index (χ2v) is 6.20. The van der Waals surface area contributed by atoms with Crippen molar-refractivity contribution in [2.24, 2.45) is 4.99 Å². The molecule has 1 aliphatic heterocycles. The normalized spacial score (nSPS) is 15.5. The van der Waals surface area contributed by atoms with Crippen molar-refractivity contribution in [2.45, 2.75) is 40.0 Å². The highest BCUT2D eigenvalue weighted by Gasteiger charge is 2.16. The van der Waals surface area contributed by atoms with E-state index < -0.39 is 0 Å². The lowest BCUT2D eigenvalue weighted by atomic mass is 10.1. The maximum Gasteiger partial charge on any atom is 0.308 e. The first-order chi connectivity index (χ1) is 10.1. The van der Waals surface area contributed by atoms with Crippen LogP contribution in [0.25, 0.3) is 0 Å². The minimum Gasteiger partial charge on any atom is -0.426 e. The summed E-state index contributed by atoms with van der Waals surface area (Å²) in [5.41, 5.74) is 3.01. The number of rotatable bonds is 4. The lowest BCUT2D eigenvalue weighted by molar-refractivity contribution is -0.131. The molecule has 1 aliphatic rings. The molecule has 3 nitrogen and oxygen atoms in total. The third kappa shape index (κ3) is 4.21. The molecule has 0 unspecified atom stereocenters. The topological polar surface area (TPSA) is 38.7 Å². The third-order valence-electron chi connectivity index (χ3n) is 3.25. The minimum atomic E-state index is -0.301. The molecular formula is C17H21NO2S. The Kier molecular flexibility index (Phi) is 5.62. The predicted octanol–water partition coefficient (Wildman–Crippen LogP) is 4.57. The van der Waals surface area contributed by atoms with Crippen molar-refractivity contribution in [3.05, 3.63) is 40.4 Å². The zero-order valence-electron chi connectivity index (χ0n) is 12.8. The van der Waals surface area contributed by atoms with Gasteiger partial charge in [0.05, 0.1) is 5.71 Å². The molecule has 0 radical (unpaired) electrons. The highest BCUT2D eigenvalue weighted by molar-refractivity contribution is 8.03. The number of hydrogen-bond donors (Lipinski definition) is 0. The number of thioether (sulfide) groups is 1. The largest absolute Gasteiger partial charge is 0.426 e. The van der Waals surface area contributed by atoms with E-state index in [1.54, 1.807) is 0 Å². The maximum absolute atomic E-state index is 11.2. The molecule has 0 spiro atoms. The van der Waals surface area contributed by atoms with Gasteiger partial charge in [-0.15, -0.1) is 11.8 Å². The zero-order valence-corrected chi connectivity index (χ0v) is 13.6. The molecule has 1 aromatic carbocycles. The Morgan fingerprint density at radius 2 is 2.14 bits per heavy atom. The van der Waals surface area contributed by atoms with Crippen LogP contribution >= 0.6 is 11.8 Å². The van der Waals surface area contributed by atoms with E-state index in [-0.39, 0.29) is 5.97 Å². The first-order valence-electron chi connectivity index (χ1n) is 7.29. The molecule has 0 saturated carbocycles. The molecule has 0 N–H and O–H groups in total. The number of nitrogens with zero attached hydrogens (tertiary/aromatic N) is 1. The summed E-state index contributed by atoms with van der Waals surface area (Å²) in [5, 5.41) is 0. The number of esters is 1. The highest BCUT2D eigenvalue weighted by Crippen LogP contribution is 2.31. The van der Waals surface area contributed by atoms with Crippen molar-refractivity contribution in [2.75, 3.05) is 5.75 Å². The number of allylic oxidation sites excluding steroid dienone is 2. The van der Waals surface area contributed by atoms with Crippen LogP contribution in [0.15, 0.2) is 39.9 Å². The molecule has 0 bridgehead atoms. The monoisotopic (exact) mass is 303 g/mol. The van der Waals surface area contributed by atoms with Gasteiger partial charge in [0.1, 0.15) is 5.75 Å². The number of para-hydroxylation sites is 1. The maximum atomic E-state index is 11.2. The Bertz CT molecular complexity index is 586. The fourth-order valence-electron chi connectivity index (χ4n) is 2.32. The van der Waals surface area contributed by atoms with Crippen LogP contribution in [-0.2, 0) is 4.79 Å². The average Bonchev–Trinajstić information content (AvgIpc) is 2.62. The number of carbonyl (C=O) groups excluding carboxylic acids is 1. The van der Waals surface area contributed by atoms with Gasteiger partial charge in [-0.25, -0.2) is 0 Å². The van der Waals surface area contributed by atoms with Crippen molar-refractivity contribution in [1.29, 1.82) is 0 Å². The number of ether oxygens (including phenoxy) is 1. The molecular weight excluding hydrogens is 282 g/mol. The summed E-state index contributed by atoms with van der Waals surface area (Å²) in [6.07, 6.45) is 3.10. The first kappa shape index (κ1) is 15.8. The van der Waals surface area contributed by atoms with Gasteiger partial charge in [0, 0.05) is 28.8 Å². The molecule has 0 atom stereocenters. The van der Waals surface area contributed by atoms with E-state index in [0.29, 0.717) is 5.75 Å². The first-order valence-corrected chi connectivity index (χ1v) is 8.28. The van der Waals surface area contributed by atoms with Crippen LogP contribution in [0.3, 0.4) is 0 Å². The molecule has 112 valence electrons. The number of carbonyl (C=O) groups is 1. The van der Waals surface area contributed by atoms with Crippen molar-refractivity contribution in [3.8, 4) is 5.75 Å². The molecule has 1 heterocycles. The Morgan fingerprint density at radius 3 is 2.86 bits per heavy atom. The Hall–Kier alpha value is -1.55. The fraction of sp³-hybridized carbons (Fsp3) is 0.412. The van der Waals surface area contributed by atoms with E-state index >= 15 is 0 Å². The van der Waals surface area contributed by atoms with Crippen LogP contribution in [0.1, 0.15) is 45.6 Å². The standard InChI is InChI=1S/C17H21NO2S/c1-4-7-17-12(2)18-15(10-11-21-17)14-8-5-6-9-16(14)20-13(3)19/h5-6,8-9H,4,7,10-11H2,1-3H3. The Balaban J connectivity index is 2.37. The Morgan fingerprint density at radius 1 is 1.38 bits per heavy atom. The quantitative estimate of drug-likeness (QED) is 0.604. The SMILES string of the molecule is CCCC1=C(C)N=C(c2ccccc2OC(C)=O)CCS1.